The fourth-order valence-electron chi connectivity index (χ4n) is 1.37. The number of hydrogen-bond acceptors (Lipinski definition) is 2. The molecule has 0 saturated heterocycles. The summed E-state index contributed by atoms with van der Waals surface area (Å²) in [7, 11) is 0. The van der Waals surface area contributed by atoms with Gasteiger partial charge in [0.2, 0.25) is 0 Å². The molecule has 3 heteroatoms. The van der Waals surface area contributed by atoms with E-state index < -0.39 is 0 Å². The van der Waals surface area contributed by atoms with Gasteiger partial charge in [0.25, 0.3) is 0 Å². The second kappa shape index (κ2) is 3.41. The Morgan fingerprint density at radius 1 is 1.36 bits per heavy atom. The number of hydrogen-bond donors (Lipinski definition) is 0. The summed E-state index contributed by atoms with van der Waals surface area (Å²) in [4.78, 5) is 4.53. The Balaban J connectivity index is 2.38. The molecule has 74 valence electrons. The van der Waals surface area contributed by atoms with Crippen LogP contribution in [0.4, 0.5) is 0 Å². The first kappa shape index (κ1) is 9.75. The Labute approximate surface area is 92.2 Å². The van der Waals surface area contributed by atoms with Gasteiger partial charge < -0.3 is 0 Å². The van der Waals surface area contributed by atoms with Crippen LogP contribution in [-0.2, 0) is 4.74 Å². The maximum atomic E-state index is 5.57. The molecular formula is C11H12NOSe-. The van der Waals surface area contributed by atoms with Gasteiger partial charge in [-0.1, -0.05) is 0 Å². The summed E-state index contributed by atoms with van der Waals surface area (Å²) in [5.41, 5.74) is 0.968. The normalized spacial score (nSPS) is 18.9. The van der Waals surface area contributed by atoms with Gasteiger partial charge in [-0.2, -0.15) is 0 Å². The molecule has 2 rings (SSSR count). The Morgan fingerprint density at radius 2 is 2.07 bits per heavy atom. The molecular weight excluding hydrogens is 241 g/mol. The molecule has 0 N–H and O–H groups in total. The molecule has 0 aromatic heterocycles. The van der Waals surface area contributed by atoms with Crippen LogP contribution in [0.15, 0.2) is 29.3 Å². The zero-order valence-corrected chi connectivity index (χ0v) is 9.99. The van der Waals surface area contributed by atoms with Crippen LogP contribution in [0.2, 0.25) is 0 Å². The van der Waals surface area contributed by atoms with Crippen LogP contribution in [0.25, 0.3) is 0 Å². The number of nitrogens with zero attached hydrogens (tertiary/aromatic N) is 1. The fourth-order valence-corrected chi connectivity index (χ4v) is 1.86. The summed E-state index contributed by atoms with van der Waals surface area (Å²) in [6.45, 7) is 4.81. The molecule has 14 heavy (non-hydrogen) atoms. The van der Waals surface area contributed by atoms with E-state index in [0.29, 0.717) is 6.61 Å². The third-order valence-electron chi connectivity index (χ3n) is 2.08. The predicted molar refractivity (Wildman–Crippen MR) is 58.4 cm³/mol. The second-order valence-electron chi connectivity index (χ2n) is 4.01. The van der Waals surface area contributed by atoms with Crippen LogP contribution < -0.4 is 4.46 Å². The summed E-state index contributed by atoms with van der Waals surface area (Å²) in [6, 6.07) is 8.03. The molecule has 0 fully saturated rings. The van der Waals surface area contributed by atoms with Gasteiger partial charge in [-0.15, -0.1) is 0 Å². The van der Waals surface area contributed by atoms with Gasteiger partial charge in [-0.05, 0) is 0 Å². The van der Waals surface area contributed by atoms with Crippen LogP contribution in [0, 0.1) is 0 Å². The quantitative estimate of drug-likeness (QED) is 0.685. The average molecular weight is 253 g/mol. The minimum atomic E-state index is -0.0857. The fraction of sp³-hybridized carbons (Fsp3) is 0.364. The first-order valence-electron chi connectivity index (χ1n) is 4.58. The number of aliphatic imine (C=N–C) groups is 1. The number of ether oxygens (including phenoxy) is 1. The van der Waals surface area contributed by atoms with Crippen molar-refractivity contribution >= 4 is 26.4 Å². The van der Waals surface area contributed by atoms with E-state index in [2.05, 4.69) is 34.9 Å². The predicted octanol–water partition coefficient (Wildman–Crippen LogP) is 1.04. The molecule has 1 aromatic carbocycles. The molecule has 0 atom stereocenters. The summed E-state index contributed by atoms with van der Waals surface area (Å²) < 4.78 is 6.65. The summed E-state index contributed by atoms with van der Waals surface area (Å²) in [5, 5.41) is 0. The van der Waals surface area contributed by atoms with Crippen molar-refractivity contribution in [2.45, 2.75) is 19.4 Å². The van der Waals surface area contributed by atoms with Crippen molar-refractivity contribution in [2.75, 3.05) is 6.61 Å². The molecule has 1 aliphatic heterocycles. The van der Waals surface area contributed by atoms with Crippen LogP contribution in [0.5, 0.6) is 0 Å². The van der Waals surface area contributed by atoms with Gasteiger partial charge in [0.15, 0.2) is 0 Å². The van der Waals surface area contributed by atoms with Gasteiger partial charge >= 0.3 is 91.9 Å². The zero-order chi connectivity index (χ0) is 10.2. The molecule has 0 bridgehead atoms. The minimum absolute atomic E-state index is 0.0857. The molecule has 0 saturated carbocycles. The molecule has 1 aromatic rings. The molecule has 2 nitrogen and oxygen atoms in total. The third kappa shape index (κ3) is 1.84. The molecule has 0 radical (unpaired) electrons. The van der Waals surface area contributed by atoms with Crippen molar-refractivity contribution in [3.05, 3.63) is 29.8 Å². The van der Waals surface area contributed by atoms with Crippen LogP contribution in [-0.4, -0.2) is 34.1 Å². The van der Waals surface area contributed by atoms with Crippen LogP contribution in [0.1, 0.15) is 19.4 Å². The second-order valence-corrected chi connectivity index (χ2v) is 4.94. The van der Waals surface area contributed by atoms with E-state index in [9.17, 15) is 0 Å². The van der Waals surface area contributed by atoms with Gasteiger partial charge in [0, 0.05) is 0 Å². The Kier molecular flexibility index (Phi) is 2.38. The van der Waals surface area contributed by atoms with E-state index in [0.717, 1.165) is 15.9 Å². The molecule has 1 heterocycles. The summed E-state index contributed by atoms with van der Waals surface area (Å²) in [6.07, 6.45) is 0. The zero-order valence-electron chi connectivity index (χ0n) is 8.28. The topological polar surface area (TPSA) is 21.6 Å². The van der Waals surface area contributed by atoms with Crippen molar-refractivity contribution in [3.63, 3.8) is 0 Å². The van der Waals surface area contributed by atoms with E-state index in [1.165, 1.54) is 0 Å². The molecule has 1 aliphatic rings. The van der Waals surface area contributed by atoms with Gasteiger partial charge in [-0.3, -0.25) is 0 Å². The third-order valence-corrected chi connectivity index (χ3v) is 2.83. The monoisotopic (exact) mass is 254 g/mol. The van der Waals surface area contributed by atoms with Crippen LogP contribution >= 0.6 is 0 Å². The van der Waals surface area contributed by atoms with Gasteiger partial charge in [-0.25, -0.2) is 0 Å². The molecule has 0 spiro atoms. The molecule has 0 aliphatic carbocycles. The van der Waals surface area contributed by atoms with E-state index >= 15 is 0 Å². The Bertz CT molecular complexity index is 385. The maximum absolute atomic E-state index is 5.57. The average Bonchev–Trinajstić information content (AvgIpc) is 2.47. The van der Waals surface area contributed by atoms with Crippen LogP contribution in [0.3, 0.4) is 0 Å². The van der Waals surface area contributed by atoms with E-state index in [1.807, 2.05) is 24.3 Å². The van der Waals surface area contributed by atoms with E-state index in [4.69, 9.17) is 4.74 Å². The van der Waals surface area contributed by atoms with E-state index in [1.54, 1.807) is 0 Å². The number of rotatable bonds is 1. The summed E-state index contributed by atoms with van der Waals surface area (Å²) >= 11 is 3.01. The SMILES string of the molecule is CC1(C)COC(c2ccccc2[Se-])=N1. The molecule has 0 amide bonds. The van der Waals surface area contributed by atoms with Crippen molar-refractivity contribution < 1.29 is 4.74 Å². The Hall–Kier alpha value is -0.791. The standard InChI is InChI=1S/C11H13NOSe/c1-11(2)7-13-10(12-11)8-5-3-4-6-9(8)14/h3-6,14H,7H2,1-2H3/p-1. The summed E-state index contributed by atoms with van der Waals surface area (Å²) in [5.74, 6) is 0.754. The van der Waals surface area contributed by atoms with Crippen molar-refractivity contribution in [3.8, 4) is 0 Å². The first-order chi connectivity index (χ1) is 6.58. The number of benzene rings is 1. The van der Waals surface area contributed by atoms with Gasteiger partial charge in [0.05, 0.1) is 0 Å². The van der Waals surface area contributed by atoms with Crippen molar-refractivity contribution in [1.82, 2.24) is 0 Å². The molecule has 0 unspecified atom stereocenters. The first-order valence-corrected chi connectivity index (χ1v) is 5.43. The van der Waals surface area contributed by atoms with Crippen molar-refractivity contribution in [2.24, 2.45) is 4.99 Å². The van der Waals surface area contributed by atoms with Gasteiger partial charge in [0.1, 0.15) is 0 Å². The Morgan fingerprint density at radius 3 is 2.64 bits per heavy atom. The van der Waals surface area contributed by atoms with E-state index in [-0.39, 0.29) is 5.54 Å². The van der Waals surface area contributed by atoms with Crippen molar-refractivity contribution in [1.29, 1.82) is 0 Å².